The highest BCUT2D eigenvalue weighted by atomic mass is 16.5. The molecule has 27 heavy (non-hydrogen) atoms. The Kier molecular flexibility index (Phi) is 6.37. The van der Waals surface area contributed by atoms with Crippen molar-refractivity contribution >= 4 is 17.5 Å². The second-order valence-electron chi connectivity index (χ2n) is 7.09. The van der Waals surface area contributed by atoms with E-state index in [1.807, 2.05) is 0 Å². The summed E-state index contributed by atoms with van der Waals surface area (Å²) in [7, 11) is 3.14. The summed E-state index contributed by atoms with van der Waals surface area (Å²) in [5.74, 6) is 0.787. The van der Waals surface area contributed by atoms with Crippen LogP contribution in [0.4, 0.5) is 5.69 Å². The van der Waals surface area contributed by atoms with Gasteiger partial charge < -0.3 is 19.7 Å². The number of anilines is 1. The van der Waals surface area contributed by atoms with Crippen molar-refractivity contribution in [3.8, 4) is 11.5 Å². The lowest BCUT2D eigenvalue weighted by atomic mass is 9.97. The van der Waals surface area contributed by atoms with Crippen LogP contribution in [0.2, 0.25) is 0 Å². The molecule has 0 spiro atoms. The van der Waals surface area contributed by atoms with Crippen LogP contribution in [0.3, 0.4) is 0 Å². The molecule has 1 aliphatic carbocycles. The van der Waals surface area contributed by atoms with E-state index in [-0.39, 0.29) is 24.2 Å². The molecule has 0 saturated carbocycles. The smallest absolute Gasteiger partial charge is 0.227 e. The first-order chi connectivity index (χ1) is 13.1. The summed E-state index contributed by atoms with van der Waals surface area (Å²) in [6.07, 6.45) is 8.24. The molecule has 1 aromatic carbocycles. The molecule has 0 aromatic heterocycles. The van der Waals surface area contributed by atoms with Gasteiger partial charge >= 0.3 is 0 Å². The van der Waals surface area contributed by atoms with Gasteiger partial charge in [0.1, 0.15) is 11.5 Å². The number of hydrogen-bond acceptors (Lipinski definition) is 4. The monoisotopic (exact) mass is 372 g/mol. The first-order valence-electron chi connectivity index (χ1n) is 9.60. The first kappa shape index (κ1) is 19.3. The summed E-state index contributed by atoms with van der Waals surface area (Å²) in [5.41, 5.74) is 2.11. The molecule has 6 heteroatoms. The minimum atomic E-state index is -0.329. The first-order valence-corrected chi connectivity index (χ1v) is 9.60. The quantitative estimate of drug-likeness (QED) is 0.747. The number of nitrogens with one attached hydrogen (secondary N) is 1. The van der Waals surface area contributed by atoms with E-state index in [9.17, 15) is 9.59 Å². The van der Waals surface area contributed by atoms with Crippen LogP contribution in [0.1, 0.15) is 38.5 Å². The van der Waals surface area contributed by atoms with Crippen LogP contribution in [0.15, 0.2) is 29.8 Å². The van der Waals surface area contributed by atoms with Crippen LogP contribution in [0.25, 0.3) is 0 Å². The van der Waals surface area contributed by atoms with Crippen molar-refractivity contribution in [1.82, 2.24) is 5.32 Å². The molecular formula is C21H28N2O4. The van der Waals surface area contributed by atoms with Crippen molar-refractivity contribution in [3.05, 3.63) is 29.8 Å². The number of hydrogen-bond donors (Lipinski definition) is 1. The zero-order chi connectivity index (χ0) is 19.2. The molecule has 0 radical (unpaired) electrons. The number of nitrogens with zero attached hydrogens (tertiary/aromatic N) is 1. The predicted octanol–water partition coefficient (Wildman–Crippen LogP) is 3.06. The summed E-state index contributed by atoms with van der Waals surface area (Å²) in [6.45, 7) is 1.01. The molecule has 1 fully saturated rings. The normalized spacial score (nSPS) is 19.6. The average Bonchev–Trinajstić information content (AvgIpc) is 3.09. The molecule has 146 valence electrons. The minimum Gasteiger partial charge on any atom is -0.497 e. The van der Waals surface area contributed by atoms with Crippen molar-refractivity contribution in [1.29, 1.82) is 0 Å². The third-order valence-corrected chi connectivity index (χ3v) is 5.30. The van der Waals surface area contributed by atoms with Gasteiger partial charge in [0.25, 0.3) is 0 Å². The highest BCUT2D eigenvalue weighted by molar-refractivity contribution is 6.01. The van der Waals surface area contributed by atoms with Gasteiger partial charge in [-0.05, 0) is 44.2 Å². The van der Waals surface area contributed by atoms with E-state index in [1.165, 1.54) is 18.4 Å². The van der Waals surface area contributed by atoms with E-state index in [0.29, 0.717) is 30.3 Å². The molecule has 1 atom stereocenters. The molecular weight excluding hydrogens is 344 g/mol. The molecule has 2 amide bonds. The maximum absolute atomic E-state index is 12.5. The molecule has 0 unspecified atom stereocenters. The van der Waals surface area contributed by atoms with Gasteiger partial charge in [-0.1, -0.05) is 11.6 Å². The van der Waals surface area contributed by atoms with Gasteiger partial charge in [0.2, 0.25) is 11.8 Å². The second-order valence-corrected chi connectivity index (χ2v) is 7.09. The fraction of sp³-hybridized carbons (Fsp3) is 0.524. The van der Waals surface area contributed by atoms with Gasteiger partial charge in [-0.15, -0.1) is 0 Å². The number of rotatable bonds is 7. The Bertz CT molecular complexity index is 729. The Morgan fingerprint density at radius 3 is 2.81 bits per heavy atom. The third kappa shape index (κ3) is 4.62. The maximum Gasteiger partial charge on any atom is 0.227 e. The topological polar surface area (TPSA) is 67.9 Å². The lowest BCUT2D eigenvalue weighted by Gasteiger charge is -2.20. The van der Waals surface area contributed by atoms with Crippen molar-refractivity contribution in [3.63, 3.8) is 0 Å². The Morgan fingerprint density at radius 2 is 2.11 bits per heavy atom. The van der Waals surface area contributed by atoms with Crippen molar-refractivity contribution in [2.45, 2.75) is 38.5 Å². The van der Waals surface area contributed by atoms with Crippen LogP contribution in [0, 0.1) is 5.92 Å². The lowest BCUT2D eigenvalue weighted by Crippen LogP contribution is -2.33. The highest BCUT2D eigenvalue weighted by Crippen LogP contribution is 2.35. The molecule has 1 N–H and O–H groups in total. The molecule has 2 aliphatic rings. The second kappa shape index (κ2) is 8.93. The van der Waals surface area contributed by atoms with E-state index in [0.717, 1.165) is 19.3 Å². The summed E-state index contributed by atoms with van der Waals surface area (Å²) in [5, 5.41) is 3.00. The number of carbonyl (C=O) groups excluding carboxylic acids is 2. The molecule has 6 nitrogen and oxygen atoms in total. The number of allylic oxidation sites excluding steroid dienone is 1. The van der Waals surface area contributed by atoms with E-state index in [4.69, 9.17) is 9.47 Å². The molecule has 1 heterocycles. The van der Waals surface area contributed by atoms with Crippen LogP contribution in [0.5, 0.6) is 11.5 Å². The van der Waals surface area contributed by atoms with Crippen molar-refractivity contribution < 1.29 is 19.1 Å². The van der Waals surface area contributed by atoms with Crippen molar-refractivity contribution in [2.75, 3.05) is 32.2 Å². The minimum absolute atomic E-state index is 0.0465. The van der Waals surface area contributed by atoms with E-state index < -0.39 is 0 Å². The van der Waals surface area contributed by atoms with E-state index in [2.05, 4.69) is 11.4 Å². The zero-order valence-corrected chi connectivity index (χ0v) is 16.1. The Hall–Kier alpha value is -2.50. The van der Waals surface area contributed by atoms with Crippen molar-refractivity contribution in [2.24, 2.45) is 5.92 Å². The summed E-state index contributed by atoms with van der Waals surface area (Å²) < 4.78 is 10.6. The standard InChI is InChI=1S/C21H28N2O4/c1-26-17-8-9-18(19(13-17)27-2)23-14-16(12-20(23)24)21(25)22-11-10-15-6-4-3-5-7-15/h6,8-9,13,16H,3-5,7,10-12,14H2,1-2H3,(H,22,25)/t16-/m1/s1. The SMILES string of the molecule is COc1ccc(N2C[C@H](C(=O)NCCC3=CCCCC3)CC2=O)c(OC)c1. The largest absolute Gasteiger partial charge is 0.497 e. The number of benzene rings is 1. The third-order valence-electron chi connectivity index (χ3n) is 5.30. The van der Waals surface area contributed by atoms with Crippen LogP contribution in [-0.2, 0) is 9.59 Å². The van der Waals surface area contributed by atoms with Gasteiger partial charge in [-0.25, -0.2) is 0 Å². The molecule has 3 rings (SSSR count). The zero-order valence-electron chi connectivity index (χ0n) is 16.1. The number of ether oxygens (including phenoxy) is 2. The molecule has 0 bridgehead atoms. The van der Waals surface area contributed by atoms with Crippen LogP contribution in [-0.4, -0.2) is 39.1 Å². The molecule has 1 saturated heterocycles. The van der Waals surface area contributed by atoms with Gasteiger partial charge in [-0.2, -0.15) is 0 Å². The van der Waals surface area contributed by atoms with Crippen LogP contribution < -0.4 is 19.7 Å². The van der Waals surface area contributed by atoms with Gasteiger partial charge in [0, 0.05) is 25.6 Å². The van der Waals surface area contributed by atoms with Gasteiger partial charge in [0.15, 0.2) is 0 Å². The fourth-order valence-corrected chi connectivity index (χ4v) is 3.75. The van der Waals surface area contributed by atoms with Gasteiger partial charge in [-0.3, -0.25) is 9.59 Å². The fourth-order valence-electron chi connectivity index (χ4n) is 3.75. The number of carbonyl (C=O) groups is 2. The number of methoxy groups -OCH3 is 2. The van der Waals surface area contributed by atoms with Gasteiger partial charge in [0.05, 0.1) is 25.8 Å². The van der Waals surface area contributed by atoms with E-state index >= 15 is 0 Å². The maximum atomic E-state index is 12.5. The Balaban J connectivity index is 1.58. The lowest BCUT2D eigenvalue weighted by molar-refractivity contribution is -0.126. The average molecular weight is 372 g/mol. The molecule has 1 aliphatic heterocycles. The number of amides is 2. The van der Waals surface area contributed by atoms with E-state index in [1.54, 1.807) is 37.3 Å². The molecule has 1 aromatic rings. The highest BCUT2D eigenvalue weighted by Gasteiger charge is 2.36. The van der Waals surface area contributed by atoms with Crippen LogP contribution >= 0.6 is 0 Å². The summed E-state index contributed by atoms with van der Waals surface area (Å²) in [4.78, 5) is 26.6. The Morgan fingerprint density at radius 1 is 1.26 bits per heavy atom. The summed E-state index contributed by atoms with van der Waals surface area (Å²) in [6, 6.07) is 5.33. The predicted molar refractivity (Wildman–Crippen MR) is 104 cm³/mol. The summed E-state index contributed by atoms with van der Waals surface area (Å²) >= 11 is 0. The Labute approximate surface area is 160 Å².